The van der Waals surface area contributed by atoms with Crippen LogP contribution in [0.15, 0.2) is 35.1 Å². The molecule has 0 bridgehead atoms. The van der Waals surface area contributed by atoms with Crippen LogP contribution in [0, 0.1) is 13.8 Å². The summed E-state index contributed by atoms with van der Waals surface area (Å²) >= 11 is 0. The SMILES string of the molecule is Cc1ccc(C)c(NC(=O)c2ccon2)c1. The molecule has 1 aromatic carbocycles. The maximum Gasteiger partial charge on any atom is 0.277 e. The number of benzene rings is 1. The van der Waals surface area contributed by atoms with E-state index in [4.69, 9.17) is 0 Å². The number of carbonyl (C=O) groups is 1. The van der Waals surface area contributed by atoms with E-state index < -0.39 is 0 Å². The van der Waals surface area contributed by atoms with Gasteiger partial charge in [0.2, 0.25) is 0 Å². The third-order valence-electron chi connectivity index (χ3n) is 2.31. The van der Waals surface area contributed by atoms with E-state index in [9.17, 15) is 4.79 Å². The van der Waals surface area contributed by atoms with Crippen LogP contribution in [0.25, 0.3) is 0 Å². The molecule has 1 heterocycles. The monoisotopic (exact) mass is 216 g/mol. The van der Waals surface area contributed by atoms with Gasteiger partial charge in [0, 0.05) is 11.8 Å². The first kappa shape index (κ1) is 10.4. The number of aryl methyl sites for hydroxylation is 2. The van der Waals surface area contributed by atoms with Gasteiger partial charge < -0.3 is 9.84 Å². The van der Waals surface area contributed by atoms with Gasteiger partial charge in [-0.25, -0.2) is 0 Å². The number of rotatable bonds is 2. The van der Waals surface area contributed by atoms with E-state index in [1.165, 1.54) is 12.3 Å². The molecule has 0 aliphatic heterocycles. The molecule has 0 spiro atoms. The van der Waals surface area contributed by atoms with Crippen LogP contribution in [0.1, 0.15) is 21.6 Å². The lowest BCUT2D eigenvalue weighted by molar-refractivity contribution is 0.101. The summed E-state index contributed by atoms with van der Waals surface area (Å²) in [7, 11) is 0. The fourth-order valence-corrected chi connectivity index (χ4v) is 1.39. The highest BCUT2D eigenvalue weighted by Crippen LogP contribution is 2.17. The highest BCUT2D eigenvalue weighted by Gasteiger charge is 2.10. The van der Waals surface area contributed by atoms with Gasteiger partial charge in [0.15, 0.2) is 5.69 Å². The molecule has 0 saturated heterocycles. The molecule has 0 unspecified atom stereocenters. The van der Waals surface area contributed by atoms with Crippen molar-refractivity contribution in [2.24, 2.45) is 0 Å². The predicted molar refractivity (Wildman–Crippen MR) is 60.4 cm³/mol. The molecule has 0 atom stereocenters. The van der Waals surface area contributed by atoms with Crippen molar-refractivity contribution in [3.8, 4) is 0 Å². The van der Waals surface area contributed by atoms with Gasteiger partial charge in [0.25, 0.3) is 5.91 Å². The van der Waals surface area contributed by atoms with Crippen LogP contribution in [-0.4, -0.2) is 11.1 Å². The van der Waals surface area contributed by atoms with Crippen molar-refractivity contribution in [1.29, 1.82) is 0 Å². The summed E-state index contributed by atoms with van der Waals surface area (Å²) in [5, 5.41) is 6.37. The Morgan fingerprint density at radius 2 is 2.12 bits per heavy atom. The Balaban J connectivity index is 2.21. The van der Waals surface area contributed by atoms with Crippen molar-refractivity contribution in [2.75, 3.05) is 5.32 Å². The third kappa shape index (κ3) is 2.11. The lowest BCUT2D eigenvalue weighted by atomic mass is 10.1. The molecule has 16 heavy (non-hydrogen) atoms. The van der Waals surface area contributed by atoms with E-state index in [0.29, 0.717) is 0 Å². The Morgan fingerprint density at radius 1 is 1.31 bits per heavy atom. The quantitative estimate of drug-likeness (QED) is 0.839. The first-order chi connectivity index (χ1) is 7.66. The van der Waals surface area contributed by atoms with Gasteiger partial charge in [-0.05, 0) is 31.0 Å². The van der Waals surface area contributed by atoms with Crippen LogP contribution in [0.5, 0.6) is 0 Å². The summed E-state index contributed by atoms with van der Waals surface area (Å²) in [5.41, 5.74) is 3.19. The van der Waals surface area contributed by atoms with Gasteiger partial charge >= 0.3 is 0 Å². The zero-order valence-corrected chi connectivity index (χ0v) is 9.15. The minimum Gasteiger partial charge on any atom is -0.364 e. The Labute approximate surface area is 93.3 Å². The summed E-state index contributed by atoms with van der Waals surface area (Å²) in [6.45, 7) is 3.92. The Morgan fingerprint density at radius 3 is 2.81 bits per heavy atom. The van der Waals surface area contributed by atoms with Gasteiger partial charge in [-0.15, -0.1) is 0 Å². The number of nitrogens with one attached hydrogen (secondary N) is 1. The normalized spacial score (nSPS) is 10.1. The second-order valence-electron chi connectivity index (χ2n) is 3.66. The average Bonchev–Trinajstić information content (AvgIpc) is 2.76. The maximum absolute atomic E-state index is 11.7. The Hall–Kier alpha value is -2.10. The van der Waals surface area contributed by atoms with Gasteiger partial charge in [-0.3, -0.25) is 4.79 Å². The van der Waals surface area contributed by atoms with Crippen molar-refractivity contribution < 1.29 is 9.32 Å². The van der Waals surface area contributed by atoms with Crippen LogP contribution in [-0.2, 0) is 0 Å². The second kappa shape index (κ2) is 4.18. The van der Waals surface area contributed by atoms with E-state index in [1.807, 2.05) is 32.0 Å². The zero-order valence-electron chi connectivity index (χ0n) is 9.15. The van der Waals surface area contributed by atoms with Crippen LogP contribution in [0.4, 0.5) is 5.69 Å². The summed E-state index contributed by atoms with van der Waals surface area (Å²) in [6.07, 6.45) is 1.37. The third-order valence-corrected chi connectivity index (χ3v) is 2.31. The first-order valence-corrected chi connectivity index (χ1v) is 4.96. The van der Waals surface area contributed by atoms with Crippen molar-refractivity contribution in [3.05, 3.63) is 47.3 Å². The molecule has 4 heteroatoms. The van der Waals surface area contributed by atoms with E-state index in [0.717, 1.165) is 16.8 Å². The summed E-state index contributed by atoms with van der Waals surface area (Å²) < 4.78 is 4.62. The molecular formula is C12H12N2O2. The van der Waals surface area contributed by atoms with E-state index in [2.05, 4.69) is 15.0 Å². The highest BCUT2D eigenvalue weighted by molar-refractivity contribution is 6.03. The molecular weight excluding hydrogens is 204 g/mol. The second-order valence-corrected chi connectivity index (χ2v) is 3.66. The predicted octanol–water partition coefficient (Wildman–Crippen LogP) is 2.54. The molecule has 1 amide bonds. The van der Waals surface area contributed by atoms with Crippen LogP contribution >= 0.6 is 0 Å². The number of carbonyl (C=O) groups excluding carboxylic acids is 1. The molecule has 2 rings (SSSR count). The number of hydrogen-bond acceptors (Lipinski definition) is 3. The van der Waals surface area contributed by atoms with Crippen molar-refractivity contribution in [2.45, 2.75) is 13.8 Å². The average molecular weight is 216 g/mol. The molecule has 0 fully saturated rings. The number of anilines is 1. The molecule has 2 aromatic rings. The molecule has 0 saturated carbocycles. The lowest BCUT2D eigenvalue weighted by Crippen LogP contribution is -2.13. The molecule has 4 nitrogen and oxygen atoms in total. The number of amides is 1. The van der Waals surface area contributed by atoms with Gasteiger partial charge in [-0.2, -0.15) is 0 Å². The molecule has 0 aliphatic rings. The maximum atomic E-state index is 11.7. The zero-order chi connectivity index (χ0) is 11.5. The Bertz CT molecular complexity index is 504. The minimum atomic E-state index is -0.262. The number of aromatic nitrogens is 1. The standard InChI is InChI=1S/C12H12N2O2/c1-8-3-4-9(2)11(7-8)13-12(15)10-5-6-16-14-10/h3-7H,1-2H3,(H,13,15). The highest BCUT2D eigenvalue weighted by atomic mass is 16.5. The van der Waals surface area contributed by atoms with Crippen molar-refractivity contribution >= 4 is 11.6 Å². The van der Waals surface area contributed by atoms with Gasteiger partial charge in [-0.1, -0.05) is 17.3 Å². The summed E-state index contributed by atoms with van der Waals surface area (Å²) in [5.74, 6) is -0.262. The minimum absolute atomic E-state index is 0.262. The largest absolute Gasteiger partial charge is 0.364 e. The van der Waals surface area contributed by atoms with Crippen molar-refractivity contribution in [3.63, 3.8) is 0 Å². The van der Waals surface area contributed by atoms with Crippen LogP contribution < -0.4 is 5.32 Å². The van der Waals surface area contributed by atoms with E-state index >= 15 is 0 Å². The van der Waals surface area contributed by atoms with E-state index in [1.54, 1.807) is 0 Å². The fourth-order valence-electron chi connectivity index (χ4n) is 1.39. The van der Waals surface area contributed by atoms with E-state index in [-0.39, 0.29) is 11.6 Å². The number of nitrogens with zero attached hydrogens (tertiary/aromatic N) is 1. The molecule has 0 radical (unpaired) electrons. The van der Waals surface area contributed by atoms with Gasteiger partial charge in [0.1, 0.15) is 6.26 Å². The van der Waals surface area contributed by atoms with Crippen LogP contribution in [0.3, 0.4) is 0 Å². The van der Waals surface area contributed by atoms with Crippen LogP contribution in [0.2, 0.25) is 0 Å². The molecule has 0 aliphatic carbocycles. The summed E-state index contributed by atoms with van der Waals surface area (Å²) in [6, 6.07) is 7.42. The lowest BCUT2D eigenvalue weighted by Gasteiger charge is -2.07. The molecule has 82 valence electrons. The molecule has 1 aromatic heterocycles. The van der Waals surface area contributed by atoms with Crippen molar-refractivity contribution in [1.82, 2.24) is 5.16 Å². The first-order valence-electron chi connectivity index (χ1n) is 4.96. The topological polar surface area (TPSA) is 55.1 Å². The van der Waals surface area contributed by atoms with Gasteiger partial charge in [0.05, 0.1) is 0 Å². The Kier molecular flexibility index (Phi) is 2.72. The fraction of sp³-hybridized carbons (Fsp3) is 0.167. The number of hydrogen-bond donors (Lipinski definition) is 1. The molecule has 1 N–H and O–H groups in total. The summed E-state index contributed by atoms with van der Waals surface area (Å²) in [4.78, 5) is 11.7. The smallest absolute Gasteiger partial charge is 0.277 e.